The molecule has 46 heavy (non-hydrogen) atoms. The molecule has 0 radical (unpaired) electrons. The summed E-state index contributed by atoms with van der Waals surface area (Å²) in [5.74, 6) is -1.97. The van der Waals surface area contributed by atoms with Crippen molar-refractivity contribution in [1.82, 2.24) is 20.6 Å². The molecular weight excluding hydrogens is 580 g/mol. The number of ether oxygens (including phenoxy) is 2. The van der Waals surface area contributed by atoms with Crippen LogP contribution in [0.25, 0.3) is 17.7 Å². The van der Waals surface area contributed by atoms with Crippen LogP contribution < -0.4 is 21.3 Å². The summed E-state index contributed by atoms with van der Waals surface area (Å²) in [5.41, 5.74) is 11.0. The number of aromatic nitrogens is 2. The number of aromatic amines is 2. The summed E-state index contributed by atoms with van der Waals surface area (Å²) in [5, 5.41) is 9.00. The molecule has 6 rings (SSSR count). The average molecular weight is 627 g/mol. The SMILES string of the molecule is CCOC(=O)CC[C@@H]1C2N/C(=C\C3=C(C)[C@@H](CC)/C(=C/c4[nH]c(c(CC)c4C)/C=c4\[nH]c5c(c4C)C(=O)[C@H](C(=O)OC)C=52)N3)[C@H]1C. The third-order valence-electron chi connectivity index (χ3n) is 10.7. The van der Waals surface area contributed by atoms with Crippen LogP contribution in [-0.4, -0.2) is 47.4 Å². The van der Waals surface area contributed by atoms with Crippen molar-refractivity contribution in [1.29, 1.82) is 0 Å². The molecular formula is C37H46N4O5. The molecule has 5 atom stereocenters. The second-order valence-corrected chi connectivity index (χ2v) is 13.0. The van der Waals surface area contributed by atoms with Crippen molar-refractivity contribution in [3.63, 3.8) is 0 Å². The van der Waals surface area contributed by atoms with E-state index in [-0.39, 0.29) is 42.0 Å². The molecule has 4 N–H and O–H groups in total. The molecule has 0 aromatic carbocycles. The Labute approximate surface area is 270 Å². The first-order chi connectivity index (χ1) is 22.0. The number of Topliss-reactive ketones (excluding diaryl/α,β-unsaturated/α-hetero) is 1. The van der Waals surface area contributed by atoms with Gasteiger partial charge in [0.2, 0.25) is 0 Å². The lowest BCUT2D eigenvalue weighted by Crippen LogP contribution is -2.38. The standard InChI is InChI=1S/C37H46N4O5/c1-9-21-17(4)24-14-26-19(6)23(12-13-30(42)46-11-3)34(40-26)32-33(37(44)45-8)36(43)31-20(7)27(41-35(31)32)16-29-22(10-2)18(5)25(39-29)15-28(21)38-24/h14-16,19,21,23,33-34,38-41H,9-13H2,1-8H3/b26-14-,27-16-,28-15-/t19-,21+,23-,33+,34?/m0/s1. The minimum Gasteiger partial charge on any atom is -0.468 e. The lowest BCUT2D eigenvalue weighted by molar-refractivity contribution is -0.144. The van der Waals surface area contributed by atoms with Crippen LogP contribution in [0.15, 0.2) is 28.7 Å². The maximum absolute atomic E-state index is 14.1. The molecule has 9 heteroatoms. The van der Waals surface area contributed by atoms with Gasteiger partial charge in [0.15, 0.2) is 5.78 Å². The van der Waals surface area contributed by atoms with Gasteiger partial charge in [-0.2, -0.15) is 0 Å². The smallest absolute Gasteiger partial charge is 0.320 e. The normalized spacial score (nSPS) is 27.7. The Morgan fingerprint density at radius 2 is 1.72 bits per heavy atom. The number of hydrogen-bond donors (Lipinski definition) is 4. The van der Waals surface area contributed by atoms with E-state index in [1.165, 1.54) is 23.8 Å². The molecule has 0 amide bonds. The highest BCUT2D eigenvalue weighted by Gasteiger charge is 2.49. The average Bonchev–Trinajstić information content (AvgIpc) is 3.77. The number of fused-ring (bicyclic) bond motifs is 8. The van der Waals surface area contributed by atoms with Crippen molar-refractivity contribution in [2.24, 2.45) is 23.7 Å². The van der Waals surface area contributed by atoms with E-state index in [2.05, 4.69) is 73.4 Å². The Kier molecular flexibility index (Phi) is 8.38. The van der Waals surface area contributed by atoms with Crippen molar-refractivity contribution < 1.29 is 23.9 Å². The van der Waals surface area contributed by atoms with Crippen LogP contribution >= 0.6 is 0 Å². The zero-order chi connectivity index (χ0) is 33.0. The van der Waals surface area contributed by atoms with Crippen LogP contribution in [0.4, 0.5) is 0 Å². The zero-order valence-corrected chi connectivity index (χ0v) is 28.2. The number of ketones is 1. The molecule has 3 aliphatic heterocycles. The molecule has 4 aliphatic rings. The summed E-state index contributed by atoms with van der Waals surface area (Å²) >= 11 is 0. The first kappa shape index (κ1) is 31.7. The van der Waals surface area contributed by atoms with Crippen molar-refractivity contribution in [2.75, 3.05) is 13.7 Å². The Morgan fingerprint density at radius 3 is 2.39 bits per heavy atom. The van der Waals surface area contributed by atoms with Gasteiger partial charge < -0.3 is 30.1 Å². The third kappa shape index (κ3) is 4.95. The molecule has 8 bridgehead atoms. The quantitative estimate of drug-likeness (QED) is 0.268. The number of carbonyl (C=O) groups excluding carboxylic acids is 3. The molecule has 2 aromatic rings. The summed E-state index contributed by atoms with van der Waals surface area (Å²) in [6.45, 7) is 14.9. The lowest BCUT2D eigenvalue weighted by atomic mass is 9.80. The van der Waals surface area contributed by atoms with Gasteiger partial charge in [-0.15, -0.1) is 0 Å². The van der Waals surface area contributed by atoms with Crippen LogP contribution in [0.2, 0.25) is 0 Å². The van der Waals surface area contributed by atoms with Crippen LogP contribution in [-0.2, 0) is 25.5 Å². The van der Waals surface area contributed by atoms with Gasteiger partial charge in [-0.1, -0.05) is 20.8 Å². The Morgan fingerprint density at radius 1 is 0.957 bits per heavy atom. The summed E-state index contributed by atoms with van der Waals surface area (Å²) in [7, 11) is 1.33. The first-order valence-corrected chi connectivity index (χ1v) is 16.6. The minimum atomic E-state index is -1.07. The van der Waals surface area contributed by atoms with Gasteiger partial charge in [-0.05, 0) is 98.9 Å². The summed E-state index contributed by atoms with van der Waals surface area (Å²) in [6, 6.07) is -0.381. The second kappa shape index (κ2) is 12.2. The number of methoxy groups -OCH3 is 1. The zero-order valence-electron chi connectivity index (χ0n) is 28.2. The van der Waals surface area contributed by atoms with Gasteiger partial charge >= 0.3 is 11.9 Å². The molecule has 1 saturated heterocycles. The molecule has 244 valence electrons. The summed E-state index contributed by atoms with van der Waals surface area (Å²) in [6.07, 6.45) is 9.10. The number of allylic oxidation sites excluding steroid dienone is 3. The fourth-order valence-corrected chi connectivity index (χ4v) is 8.18. The van der Waals surface area contributed by atoms with Crippen LogP contribution in [0.3, 0.4) is 0 Å². The first-order valence-electron chi connectivity index (χ1n) is 16.6. The van der Waals surface area contributed by atoms with Crippen molar-refractivity contribution in [3.8, 4) is 0 Å². The van der Waals surface area contributed by atoms with E-state index in [0.717, 1.165) is 52.2 Å². The maximum atomic E-state index is 14.1. The lowest BCUT2D eigenvalue weighted by Gasteiger charge is -2.25. The molecule has 1 fully saturated rings. The predicted molar refractivity (Wildman–Crippen MR) is 178 cm³/mol. The fourth-order valence-electron chi connectivity index (χ4n) is 8.18. The maximum Gasteiger partial charge on any atom is 0.320 e. The minimum absolute atomic E-state index is 0.0113. The number of nitrogens with one attached hydrogen (secondary N) is 4. The van der Waals surface area contributed by atoms with Gasteiger partial charge in [0.25, 0.3) is 0 Å². The van der Waals surface area contributed by atoms with Gasteiger partial charge in [-0.25, -0.2) is 0 Å². The Bertz CT molecular complexity index is 1850. The number of H-pyrrole nitrogens is 2. The number of rotatable bonds is 7. The molecule has 5 heterocycles. The highest BCUT2D eigenvalue weighted by molar-refractivity contribution is 6.19. The van der Waals surface area contributed by atoms with Gasteiger partial charge in [-0.3, -0.25) is 14.4 Å². The van der Waals surface area contributed by atoms with E-state index in [9.17, 15) is 14.4 Å². The predicted octanol–water partition coefficient (Wildman–Crippen LogP) is 4.20. The van der Waals surface area contributed by atoms with Crippen molar-refractivity contribution in [2.45, 2.75) is 80.2 Å². The van der Waals surface area contributed by atoms with E-state index < -0.39 is 11.9 Å². The van der Waals surface area contributed by atoms with Crippen molar-refractivity contribution >= 4 is 35.4 Å². The highest BCUT2D eigenvalue weighted by atomic mass is 16.5. The van der Waals surface area contributed by atoms with E-state index in [1.807, 2.05) is 6.92 Å². The van der Waals surface area contributed by atoms with E-state index in [1.54, 1.807) is 6.92 Å². The third-order valence-corrected chi connectivity index (χ3v) is 10.7. The summed E-state index contributed by atoms with van der Waals surface area (Å²) in [4.78, 5) is 47.3. The molecule has 1 unspecified atom stereocenters. The molecule has 9 nitrogen and oxygen atoms in total. The van der Waals surface area contributed by atoms with E-state index >= 15 is 0 Å². The van der Waals surface area contributed by atoms with Gasteiger partial charge in [0, 0.05) is 57.6 Å². The monoisotopic (exact) mass is 626 g/mol. The van der Waals surface area contributed by atoms with Crippen LogP contribution in [0, 0.1) is 37.5 Å². The highest BCUT2D eigenvalue weighted by Crippen LogP contribution is 2.43. The van der Waals surface area contributed by atoms with E-state index in [0.29, 0.717) is 29.5 Å². The van der Waals surface area contributed by atoms with Crippen LogP contribution in [0.1, 0.15) is 92.3 Å². The molecule has 1 aliphatic carbocycles. The number of carbonyl (C=O) groups is 3. The Balaban J connectivity index is 1.64. The fraction of sp³-hybridized carbons (Fsp3) is 0.486. The number of hydrogen-bond acceptors (Lipinski definition) is 7. The van der Waals surface area contributed by atoms with Crippen molar-refractivity contribution in [3.05, 3.63) is 73.1 Å². The number of esters is 2. The van der Waals surface area contributed by atoms with Crippen LogP contribution in [0.5, 0.6) is 0 Å². The molecule has 0 spiro atoms. The molecule has 2 aromatic heterocycles. The van der Waals surface area contributed by atoms with Gasteiger partial charge in [0.1, 0.15) is 5.92 Å². The topological polar surface area (TPSA) is 125 Å². The second-order valence-electron chi connectivity index (χ2n) is 13.0. The van der Waals surface area contributed by atoms with Gasteiger partial charge in [0.05, 0.1) is 25.1 Å². The largest absolute Gasteiger partial charge is 0.468 e. The Hall–Kier alpha value is -4.27. The van der Waals surface area contributed by atoms with E-state index in [4.69, 9.17) is 9.47 Å². The summed E-state index contributed by atoms with van der Waals surface area (Å²) < 4.78 is 10.5. The molecule has 0 saturated carbocycles.